The summed E-state index contributed by atoms with van der Waals surface area (Å²) in [4.78, 5) is 231. The molecule has 0 radical (unpaired) electrons. The molecule has 2 saturated heterocycles. The van der Waals surface area contributed by atoms with Crippen LogP contribution in [0.5, 0.6) is 0 Å². The predicted octanol–water partition coefficient (Wildman–Crippen LogP) is -9.10. The molecule has 48 heteroatoms. The largest absolute Gasteiger partial charge is 0.481 e. The molecule has 114 heavy (non-hydrogen) atoms. The van der Waals surface area contributed by atoms with E-state index in [1.165, 1.54) is 16.7 Å². The molecule has 2 heterocycles. The number of aliphatic hydroxyl groups excluding tert-OH is 1. The van der Waals surface area contributed by atoms with Crippen molar-refractivity contribution in [2.45, 2.75) is 203 Å². The Kier molecular flexibility index (Phi) is 45.7. The summed E-state index contributed by atoms with van der Waals surface area (Å²) in [6.07, 6.45) is 0.467. The zero-order chi connectivity index (χ0) is 86.1. The van der Waals surface area contributed by atoms with Gasteiger partial charge in [-0.2, -0.15) is 37.0 Å². The number of hydrogen-bond acceptors (Lipinski definition) is 25. The van der Waals surface area contributed by atoms with E-state index in [2.05, 4.69) is 105 Å². The molecule has 2 aliphatic rings. The lowest BCUT2D eigenvalue weighted by Crippen LogP contribution is -2.60. The lowest BCUT2D eigenvalue weighted by Gasteiger charge is -2.31. The minimum absolute atomic E-state index is 0.00662. The number of hydrogen-bond donors (Lipinski definition) is 28. The van der Waals surface area contributed by atoms with Crippen LogP contribution in [0.4, 0.5) is 0 Å². The Morgan fingerprint density at radius 1 is 0.439 bits per heavy atom. The molecule has 0 spiro atoms. The van der Waals surface area contributed by atoms with Gasteiger partial charge in [-0.05, 0) is 107 Å². The Balaban J connectivity index is 2.35. The number of nitrogens with two attached hydrogens (primary N) is 4. The number of aliphatic carboxylic acids is 3. The quantitative estimate of drug-likeness (QED) is 0.0116. The predicted molar refractivity (Wildman–Crippen MR) is 419 cm³/mol. The number of carbonyl (C=O) groups is 17. The first-order chi connectivity index (χ1) is 53.7. The van der Waals surface area contributed by atoms with E-state index in [1.807, 2.05) is 0 Å². The average molecular weight is 1680 g/mol. The highest BCUT2D eigenvalue weighted by atomic mass is 32.2. The lowest BCUT2D eigenvalue weighted by atomic mass is 10.0. The van der Waals surface area contributed by atoms with Crippen LogP contribution in [0.2, 0.25) is 0 Å². The van der Waals surface area contributed by atoms with Gasteiger partial charge < -0.3 is 133 Å². The zero-order valence-corrected chi connectivity index (χ0v) is 66.9. The van der Waals surface area contributed by atoms with Crippen molar-refractivity contribution >= 4 is 156 Å². The molecule has 0 aromatic heterocycles. The van der Waals surface area contributed by atoms with Gasteiger partial charge in [0.2, 0.25) is 82.7 Å². The van der Waals surface area contributed by atoms with E-state index < -0.39 is 229 Å². The summed E-state index contributed by atoms with van der Waals surface area (Å²) in [5.74, 6) is -19.7. The van der Waals surface area contributed by atoms with Crippen LogP contribution >= 0.6 is 37.0 Å². The standard InChI is InChI=1S/C66H114N24O21S3/c1-32(2)23-39(79-47(92)27-78-53(100)42(29-91)87-51(98)34(67)25-49(94)95)55(102)88-44(31-113)58(105)83-37(16-22-114-5)61(108)89-20-9-14-45(89)59(106)82-36(12-7-18-75-65(70)71)54(101)85-40(24-33(3)4)56(103)81-35(11-6-17-74-64(68)69)52(99)77-28-48(93)80-43(30-112)57(104)86-41(26-50(96)97)62(109)90-21-10-15-46(90)60(107)84-38(63(110)111)13-8-19-76-66(72)73/h32-46,91,112-113H,6-31,67H2,1-5H3,(H,77,99)(H,78,100)(H,79,92)(H,80,93)(H,81,103)(H,82,106)(H,83,105)(H,84,107)(H,85,101)(H,86,104)(H,87,98)(H,88,102)(H,94,95)(H,96,97)(H,110,111)(H4,68,69,74)(H4,70,71,75)(H4,72,73,76)/t34-,35-,36-,37-,38-,39-,40-,41-,42-,43-,44-,45-,46-/m0/s1. The molecule has 0 aliphatic carbocycles. The van der Waals surface area contributed by atoms with E-state index in [1.54, 1.807) is 34.0 Å². The van der Waals surface area contributed by atoms with Gasteiger partial charge >= 0.3 is 17.9 Å². The second-order valence-corrected chi connectivity index (χ2v) is 29.4. The summed E-state index contributed by atoms with van der Waals surface area (Å²) in [7, 11) is 0. The van der Waals surface area contributed by atoms with Crippen LogP contribution in [-0.4, -0.2) is 303 Å². The number of guanidine groups is 3. The second kappa shape index (κ2) is 52.2. The van der Waals surface area contributed by atoms with Crippen LogP contribution in [0.15, 0.2) is 0 Å². The van der Waals surface area contributed by atoms with E-state index in [0.717, 1.165) is 4.90 Å². The zero-order valence-electron chi connectivity index (χ0n) is 64.3. The smallest absolute Gasteiger partial charge is 0.326 e. The molecule has 2 rings (SSSR count). The molecule has 0 bridgehead atoms. The van der Waals surface area contributed by atoms with Crippen molar-refractivity contribution in [2.24, 2.45) is 34.8 Å². The van der Waals surface area contributed by atoms with Gasteiger partial charge in [0.15, 0.2) is 17.9 Å². The number of likely N-dealkylation sites (tertiary alicyclic amines) is 2. The van der Waals surface area contributed by atoms with Gasteiger partial charge in [-0.3, -0.25) is 92.9 Å². The maximum absolute atomic E-state index is 14.7. The number of rotatable bonds is 53. The number of thiol groups is 2. The molecular formula is C66H114N24O21S3. The summed E-state index contributed by atoms with van der Waals surface area (Å²) < 4.78 is 0. The van der Waals surface area contributed by atoms with E-state index >= 15 is 0 Å². The van der Waals surface area contributed by atoms with Crippen LogP contribution in [-0.2, 0) is 81.5 Å². The van der Waals surface area contributed by atoms with Gasteiger partial charge in [-0.25, -0.2) is 4.79 Å². The molecule has 0 unspecified atom stereocenters. The van der Waals surface area contributed by atoms with E-state index in [9.17, 15) is 96.8 Å². The Morgan fingerprint density at radius 3 is 1.21 bits per heavy atom. The first kappa shape index (κ1) is 99.8. The number of nitrogens with zero attached hydrogens (tertiary/aromatic N) is 2. The number of aliphatic hydroxyl groups is 1. The molecule has 0 aromatic carbocycles. The first-order valence-electron chi connectivity index (χ1n) is 36.8. The second-order valence-electron chi connectivity index (χ2n) is 27.7. The highest BCUT2D eigenvalue weighted by molar-refractivity contribution is 7.98. The molecule has 642 valence electrons. The van der Waals surface area contributed by atoms with Gasteiger partial charge in [0.1, 0.15) is 72.5 Å². The Morgan fingerprint density at radius 2 is 0.789 bits per heavy atom. The van der Waals surface area contributed by atoms with Crippen molar-refractivity contribution in [3.8, 4) is 0 Å². The number of carboxylic acids is 3. The monoisotopic (exact) mass is 1670 g/mol. The molecular weight excluding hydrogens is 1560 g/mol. The first-order valence-corrected chi connectivity index (χ1v) is 39.5. The van der Waals surface area contributed by atoms with Crippen molar-refractivity contribution in [1.29, 1.82) is 16.2 Å². The SMILES string of the molecule is CSCC[C@H](NC(=O)[C@H](CS)NC(=O)[C@H](CC(C)C)NC(=O)CNC(=O)[C@H](CO)NC(=O)[C@@H](N)CC(=O)O)C(=O)N1CCC[C@H]1C(=O)N[C@@H](CCCNC(=N)N)C(=O)N[C@@H](CC(C)C)C(=O)N[C@@H](CCCNC(=N)N)C(=O)NCC(=O)N[C@@H](CS)C(=O)N[C@@H](CC(=O)O)C(=O)N1CCC[C@H]1C(=O)N[C@@H](CCCNC(=N)N)C(=O)O. The molecule has 30 N–H and O–H groups in total. The third-order valence-electron chi connectivity index (χ3n) is 17.5. The molecule has 45 nitrogen and oxygen atoms in total. The summed E-state index contributed by atoms with van der Waals surface area (Å²) >= 11 is 9.77. The fraction of sp³-hybridized carbons (Fsp3) is 0.697. The van der Waals surface area contributed by atoms with Gasteiger partial charge in [-0.1, -0.05) is 27.7 Å². The van der Waals surface area contributed by atoms with Crippen LogP contribution < -0.4 is 103 Å². The Labute approximate surface area is 673 Å². The average Bonchev–Trinajstić information content (AvgIpc) is 1.65. The van der Waals surface area contributed by atoms with E-state index in [-0.39, 0.29) is 140 Å². The highest BCUT2D eigenvalue weighted by Crippen LogP contribution is 2.23. The number of thioether (sulfide) groups is 1. The third-order valence-corrected chi connectivity index (χ3v) is 18.8. The van der Waals surface area contributed by atoms with Crippen LogP contribution in [0.1, 0.15) is 124 Å². The molecule has 0 aromatic rings. The fourth-order valence-electron chi connectivity index (χ4n) is 11.8. The molecule has 2 aliphatic heterocycles. The van der Waals surface area contributed by atoms with Gasteiger partial charge in [-0.15, -0.1) is 0 Å². The van der Waals surface area contributed by atoms with Crippen molar-refractivity contribution in [2.75, 3.05) is 75.9 Å². The Hall–Kier alpha value is -10.2. The minimum atomic E-state index is -1.82. The maximum Gasteiger partial charge on any atom is 0.326 e. The molecule has 0 saturated carbocycles. The maximum atomic E-state index is 14.7. The lowest BCUT2D eigenvalue weighted by molar-refractivity contribution is -0.147. The number of carboxylic acid groups (broad SMARTS) is 3. The highest BCUT2D eigenvalue weighted by Gasteiger charge is 2.43. The van der Waals surface area contributed by atoms with Crippen LogP contribution in [0, 0.1) is 28.1 Å². The summed E-state index contributed by atoms with van der Waals surface area (Å²) in [6, 6.07) is -19.0. The van der Waals surface area contributed by atoms with Crippen LogP contribution in [0.3, 0.4) is 0 Å². The summed E-state index contributed by atoms with van der Waals surface area (Å²) in [5.41, 5.74) is 21.8. The van der Waals surface area contributed by atoms with Crippen LogP contribution in [0.25, 0.3) is 0 Å². The van der Waals surface area contributed by atoms with Gasteiger partial charge in [0.05, 0.1) is 38.6 Å². The van der Waals surface area contributed by atoms with Gasteiger partial charge in [0, 0.05) is 44.2 Å². The van der Waals surface area contributed by atoms with Crippen molar-refractivity contribution < 1.29 is 102 Å². The van der Waals surface area contributed by atoms with Crippen molar-refractivity contribution in [3.05, 3.63) is 0 Å². The third kappa shape index (κ3) is 37.2. The molecule has 14 amide bonds. The molecule has 2 fully saturated rings. The number of nitrogens with one attached hydrogen (secondary N) is 18. The normalized spacial score (nSPS) is 16.6. The summed E-state index contributed by atoms with van der Waals surface area (Å²) in [6.45, 7) is 4.38. The topological polar surface area (TPSA) is 734 Å². The Bertz CT molecular complexity index is 3380. The van der Waals surface area contributed by atoms with E-state index in [0.29, 0.717) is 5.75 Å². The molecule has 13 atom stereocenters. The summed E-state index contributed by atoms with van der Waals surface area (Å²) in [5, 5.41) is 97.8. The van der Waals surface area contributed by atoms with Gasteiger partial charge in [0.25, 0.3) is 0 Å². The minimum Gasteiger partial charge on any atom is -0.481 e. The van der Waals surface area contributed by atoms with Crippen molar-refractivity contribution in [3.63, 3.8) is 0 Å². The van der Waals surface area contributed by atoms with Crippen molar-refractivity contribution in [1.82, 2.24) is 89.6 Å². The number of amides is 14. The fourth-order valence-corrected chi connectivity index (χ4v) is 12.8. The number of carbonyl (C=O) groups excluding carboxylic acids is 14. The van der Waals surface area contributed by atoms with E-state index in [4.69, 9.17) is 44.3 Å².